The molecular formula is C14H31IN4S. The summed E-state index contributed by atoms with van der Waals surface area (Å²) < 4.78 is 0. The van der Waals surface area contributed by atoms with E-state index < -0.39 is 0 Å². The number of thioether (sulfide) groups is 1. The number of hydrogen-bond acceptors (Lipinski definition) is 3. The number of aliphatic imine (C=N–C) groups is 1. The summed E-state index contributed by atoms with van der Waals surface area (Å²) in [6.45, 7) is 12.3. The zero-order valence-electron chi connectivity index (χ0n) is 13.6. The molecule has 1 saturated heterocycles. The molecule has 0 bridgehead atoms. The van der Waals surface area contributed by atoms with Gasteiger partial charge in [0.1, 0.15) is 0 Å². The fourth-order valence-corrected chi connectivity index (χ4v) is 2.56. The van der Waals surface area contributed by atoms with Crippen LogP contribution >= 0.6 is 35.7 Å². The van der Waals surface area contributed by atoms with Crippen molar-refractivity contribution in [1.29, 1.82) is 0 Å². The maximum atomic E-state index is 4.33. The molecule has 3 atom stereocenters. The van der Waals surface area contributed by atoms with Gasteiger partial charge in [0.05, 0.1) is 0 Å². The molecule has 20 heavy (non-hydrogen) atoms. The van der Waals surface area contributed by atoms with Crippen LogP contribution in [-0.4, -0.2) is 61.1 Å². The summed E-state index contributed by atoms with van der Waals surface area (Å²) >= 11 is 1.87. The number of likely N-dealkylation sites (tertiary alicyclic amines) is 1. The molecule has 120 valence electrons. The molecule has 0 spiro atoms. The largest absolute Gasteiger partial charge is 0.355 e. The van der Waals surface area contributed by atoms with Crippen LogP contribution in [0.5, 0.6) is 0 Å². The van der Waals surface area contributed by atoms with Crippen molar-refractivity contribution in [3.05, 3.63) is 0 Å². The van der Waals surface area contributed by atoms with Gasteiger partial charge in [-0.3, -0.25) is 9.89 Å². The van der Waals surface area contributed by atoms with E-state index in [1.165, 1.54) is 6.54 Å². The van der Waals surface area contributed by atoms with Crippen LogP contribution in [0, 0.1) is 5.92 Å². The summed E-state index contributed by atoms with van der Waals surface area (Å²) in [6, 6.07) is 1.12. The lowest BCUT2D eigenvalue weighted by Gasteiger charge is -2.22. The summed E-state index contributed by atoms with van der Waals surface area (Å²) in [7, 11) is 1.85. The summed E-state index contributed by atoms with van der Waals surface area (Å²) in [6.07, 6.45) is 2.14. The summed E-state index contributed by atoms with van der Waals surface area (Å²) in [4.78, 5) is 6.86. The second-order valence-corrected chi connectivity index (χ2v) is 7.05. The Hall–Kier alpha value is 0.310. The average molecular weight is 414 g/mol. The van der Waals surface area contributed by atoms with Gasteiger partial charge in [0.25, 0.3) is 0 Å². The lowest BCUT2D eigenvalue weighted by Crippen LogP contribution is -2.47. The van der Waals surface area contributed by atoms with E-state index in [1.54, 1.807) is 0 Å². The van der Waals surface area contributed by atoms with Gasteiger partial charge in [0, 0.05) is 44.0 Å². The quantitative estimate of drug-likeness (QED) is 0.411. The molecule has 1 aliphatic heterocycles. The topological polar surface area (TPSA) is 39.7 Å². The van der Waals surface area contributed by atoms with Crippen molar-refractivity contribution < 1.29 is 0 Å². The van der Waals surface area contributed by atoms with Gasteiger partial charge >= 0.3 is 0 Å². The molecule has 1 heterocycles. The molecule has 0 radical (unpaired) electrons. The Kier molecular flexibility index (Phi) is 10.3. The van der Waals surface area contributed by atoms with E-state index in [2.05, 4.69) is 54.5 Å². The molecule has 4 nitrogen and oxygen atoms in total. The molecular weight excluding hydrogens is 383 g/mol. The van der Waals surface area contributed by atoms with Gasteiger partial charge < -0.3 is 10.6 Å². The van der Waals surface area contributed by atoms with E-state index in [-0.39, 0.29) is 24.0 Å². The van der Waals surface area contributed by atoms with Crippen molar-refractivity contribution in [3.63, 3.8) is 0 Å². The number of guanidine groups is 1. The molecule has 0 aromatic rings. The highest BCUT2D eigenvalue weighted by Crippen LogP contribution is 2.18. The number of nitrogens with zero attached hydrogens (tertiary/aromatic N) is 2. The Balaban J connectivity index is 0.00000361. The van der Waals surface area contributed by atoms with Gasteiger partial charge in [-0.1, -0.05) is 13.8 Å². The minimum Gasteiger partial charge on any atom is -0.355 e. The van der Waals surface area contributed by atoms with Crippen LogP contribution in [0.3, 0.4) is 0 Å². The zero-order chi connectivity index (χ0) is 14.4. The first-order chi connectivity index (χ1) is 8.97. The molecule has 0 amide bonds. The Bertz CT molecular complexity index is 299. The molecule has 1 fully saturated rings. The smallest absolute Gasteiger partial charge is 0.191 e. The third-order valence-corrected chi connectivity index (χ3v) is 4.85. The van der Waals surface area contributed by atoms with Gasteiger partial charge in [-0.05, 0) is 26.0 Å². The summed E-state index contributed by atoms with van der Waals surface area (Å²) in [5, 5.41) is 7.58. The van der Waals surface area contributed by atoms with Crippen LogP contribution in [-0.2, 0) is 0 Å². The van der Waals surface area contributed by atoms with Crippen molar-refractivity contribution in [1.82, 2.24) is 15.5 Å². The van der Waals surface area contributed by atoms with Gasteiger partial charge in [0.15, 0.2) is 5.96 Å². The van der Waals surface area contributed by atoms with Crippen LogP contribution in [0.1, 0.15) is 27.7 Å². The minimum atomic E-state index is 0. The number of halogens is 1. The van der Waals surface area contributed by atoms with Crippen molar-refractivity contribution in [3.8, 4) is 0 Å². The van der Waals surface area contributed by atoms with E-state index in [9.17, 15) is 0 Å². The first kappa shape index (κ1) is 20.3. The second kappa shape index (κ2) is 10.1. The fourth-order valence-electron chi connectivity index (χ4n) is 2.31. The summed E-state index contributed by atoms with van der Waals surface area (Å²) in [5.74, 6) is 1.60. The third kappa shape index (κ3) is 6.39. The van der Waals surface area contributed by atoms with Crippen LogP contribution < -0.4 is 10.6 Å². The maximum Gasteiger partial charge on any atom is 0.191 e. The van der Waals surface area contributed by atoms with E-state index in [4.69, 9.17) is 0 Å². The zero-order valence-corrected chi connectivity index (χ0v) is 16.8. The lowest BCUT2D eigenvalue weighted by molar-refractivity contribution is 0.265. The first-order valence-electron chi connectivity index (χ1n) is 7.22. The molecule has 0 saturated carbocycles. The van der Waals surface area contributed by atoms with E-state index in [0.29, 0.717) is 23.3 Å². The number of hydrogen-bond donors (Lipinski definition) is 2. The molecule has 1 rings (SSSR count). The van der Waals surface area contributed by atoms with E-state index >= 15 is 0 Å². The van der Waals surface area contributed by atoms with E-state index in [0.717, 1.165) is 19.0 Å². The van der Waals surface area contributed by atoms with Crippen molar-refractivity contribution in [2.24, 2.45) is 10.9 Å². The second-order valence-electron chi connectivity index (χ2n) is 5.78. The molecule has 3 unspecified atom stereocenters. The lowest BCUT2D eigenvalue weighted by atomic mass is 10.1. The van der Waals surface area contributed by atoms with Crippen LogP contribution in [0.4, 0.5) is 0 Å². The Morgan fingerprint density at radius 1 is 1.35 bits per heavy atom. The van der Waals surface area contributed by atoms with Gasteiger partial charge in [-0.2, -0.15) is 11.8 Å². The molecule has 0 aromatic heterocycles. The Labute approximate surface area is 145 Å². The van der Waals surface area contributed by atoms with Crippen molar-refractivity contribution in [2.45, 2.75) is 45.0 Å². The standard InChI is InChI=1S/C14H30N4S.HI/c1-10(2)18-8-11(3)13(9-18)17-14(15-5)16-7-12(4)19-6;/h10-13H,7-9H2,1-6H3,(H2,15,16,17);1H. The third-order valence-electron chi connectivity index (χ3n) is 3.88. The van der Waals surface area contributed by atoms with Crippen LogP contribution in [0.25, 0.3) is 0 Å². The highest BCUT2D eigenvalue weighted by molar-refractivity contribution is 14.0. The van der Waals surface area contributed by atoms with Crippen LogP contribution in [0.15, 0.2) is 4.99 Å². The molecule has 2 N–H and O–H groups in total. The number of rotatable bonds is 5. The predicted octanol–water partition coefficient (Wildman–Crippen LogP) is 2.25. The molecule has 6 heteroatoms. The fraction of sp³-hybridized carbons (Fsp3) is 0.929. The normalized spacial score (nSPS) is 25.4. The average Bonchev–Trinajstić information content (AvgIpc) is 2.75. The van der Waals surface area contributed by atoms with Crippen molar-refractivity contribution in [2.75, 3.05) is 32.9 Å². The molecule has 1 aliphatic rings. The highest BCUT2D eigenvalue weighted by Gasteiger charge is 2.31. The Morgan fingerprint density at radius 2 is 2.00 bits per heavy atom. The van der Waals surface area contributed by atoms with Crippen LogP contribution in [0.2, 0.25) is 0 Å². The molecule has 0 aliphatic carbocycles. The first-order valence-corrected chi connectivity index (χ1v) is 8.50. The van der Waals surface area contributed by atoms with Gasteiger partial charge in [-0.25, -0.2) is 0 Å². The minimum absolute atomic E-state index is 0. The maximum absolute atomic E-state index is 4.33. The van der Waals surface area contributed by atoms with E-state index in [1.807, 2.05) is 18.8 Å². The summed E-state index contributed by atoms with van der Waals surface area (Å²) in [5.41, 5.74) is 0. The van der Waals surface area contributed by atoms with Crippen molar-refractivity contribution >= 4 is 41.7 Å². The van der Waals surface area contributed by atoms with Gasteiger partial charge in [0.2, 0.25) is 0 Å². The van der Waals surface area contributed by atoms with Gasteiger partial charge in [-0.15, -0.1) is 24.0 Å². The monoisotopic (exact) mass is 414 g/mol. The Morgan fingerprint density at radius 3 is 2.45 bits per heavy atom. The predicted molar refractivity (Wildman–Crippen MR) is 103 cm³/mol. The highest BCUT2D eigenvalue weighted by atomic mass is 127. The molecule has 0 aromatic carbocycles. The number of nitrogens with one attached hydrogen (secondary N) is 2. The SMILES string of the molecule is CN=C(NCC(C)SC)NC1CN(C(C)C)CC1C.I.